The number of nitrogens with zero attached hydrogens (tertiary/aromatic N) is 1. The van der Waals surface area contributed by atoms with Crippen molar-refractivity contribution in [2.24, 2.45) is 0 Å². The molecule has 0 fully saturated rings. The van der Waals surface area contributed by atoms with Crippen LogP contribution in [-0.4, -0.2) is 17.4 Å². The Balaban J connectivity index is 1.46. The maximum absolute atomic E-state index is 12.5. The summed E-state index contributed by atoms with van der Waals surface area (Å²) in [7, 11) is 0. The molecule has 1 heterocycles. The number of aromatic nitrogens is 1. The number of pyridine rings is 1. The largest absolute Gasteiger partial charge is 0.380 e. The van der Waals surface area contributed by atoms with Gasteiger partial charge in [0.05, 0.1) is 5.56 Å². The summed E-state index contributed by atoms with van der Waals surface area (Å²) in [6.45, 7) is 1.34. The van der Waals surface area contributed by atoms with Crippen LogP contribution >= 0.6 is 0 Å². The Hall–Kier alpha value is -3.14. The minimum atomic E-state index is -0.0347. The van der Waals surface area contributed by atoms with E-state index in [2.05, 4.69) is 39.9 Å². The number of amides is 1. The molecular formula is C23H25N3O. The number of rotatable bonds is 9. The first-order valence-corrected chi connectivity index (χ1v) is 9.37. The highest BCUT2D eigenvalue weighted by molar-refractivity contribution is 5.99. The summed E-state index contributed by atoms with van der Waals surface area (Å²) >= 11 is 0. The van der Waals surface area contributed by atoms with E-state index >= 15 is 0 Å². The molecule has 0 unspecified atom stereocenters. The van der Waals surface area contributed by atoms with Crippen molar-refractivity contribution in [3.8, 4) is 0 Å². The second-order valence-electron chi connectivity index (χ2n) is 6.45. The van der Waals surface area contributed by atoms with Gasteiger partial charge in [-0.3, -0.25) is 9.78 Å². The number of hydrogen-bond donors (Lipinski definition) is 2. The molecule has 2 N–H and O–H groups in total. The molecule has 2 aromatic carbocycles. The molecule has 138 valence electrons. The fraction of sp³-hybridized carbons (Fsp3) is 0.217. The number of hydrogen-bond acceptors (Lipinski definition) is 3. The molecule has 3 aromatic rings. The van der Waals surface area contributed by atoms with Crippen LogP contribution < -0.4 is 10.6 Å². The Morgan fingerprint density at radius 1 is 0.815 bits per heavy atom. The maximum Gasteiger partial charge on any atom is 0.253 e. The fourth-order valence-corrected chi connectivity index (χ4v) is 2.93. The summed E-state index contributed by atoms with van der Waals surface area (Å²) < 4.78 is 0. The number of carbonyl (C=O) groups excluding carboxylic acids is 1. The highest BCUT2D eigenvalue weighted by atomic mass is 16.1. The van der Waals surface area contributed by atoms with E-state index in [1.54, 1.807) is 12.4 Å². The van der Waals surface area contributed by atoms with Gasteiger partial charge in [0.15, 0.2) is 0 Å². The zero-order valence-electron chi connectivity index (χ0n) is 15.4. The third-order valence-corrected chi connectivity index (χ3v) is 4.42. The van der Waals surface area contributed by atoms with Crippen molar-refractivity contribution >= 4 is 11.6 Å². The number of nitrogens with one attached hydrogen (secondary N) is 2. The van der Waals surface area contributed by atoms with Gasteiger partial charge in [-0.1, -0.05) is 42.5 Å². The summed E-state index contributed by atoms with van der Waals surface area (Å²) in [4.78, 5) is 16.6. The number of aryl methyl sites for hydroxylation is 1. The van der Waals surface area contributed by atoms with Gasteiger partial charge in [0.1, 0.15) is 0 Å². The molecule has 0 aliphatic carbocycles. The second kappa shape index (κ2) is 10.1. The van der Waals surface area contributed by atoms with Crippen LogP contribution in [0.5, 0.6) is 0 Å². The van der Waals surface area contributed by atoms with E-state index in [1.807, 2.05) is 42.5 Å². The van der Waals surface area contributed by atoms with E-state index in [0.29, 0.717) is 18.7 Å². The standard InChI is InChI=1S/C23H25N3O/c27-23(25-15-7-6-10-19-8-2-1-3-9-19)21-11-4-5-12-22(21)26-18-20-13-16-24-17-14-20/h1-5,8-9,11-14,16-17,26H,6-7,10,15,18H2,(H,25,27). The van der Waals surface area contributed by atoms with Gasteiger partial charge in [0.2, 0.25) is 0 Å². The number of unbranched alkanes of at least 4 members (excludes halogenated alkanes) is 1. The third-order valence-electron chi connectivity index (χ3n) is 4.42. The third kappa shape index (κ3) is 5.96. The van der Waals surface area contributed by atoms with E-state index in [1.165, 1.54) is 5.56 Å². The molecule has 0 radical (unpaired) electrons. The molecule has 0 aliphatic rings. The smallest absolute Gasteiger partial charge is 0.253 e. The lowest BCUT2D eigenvalue weighted by Crippen LogP contribution is -2.25. The van der Waals surface area contributed by atoms with Gasteiger partial charge in [-0.25, -0.2) is 0 Å². The monoisotopic (exact) mass is 359 g/mol. The molecule has 27 heavy (non-hydrogen) atoms. The molecule has 0 bridgehead atoms. The molecule has 0 saturated heterocycles. The highest BCUT2D eigenvalue weighted by Gasteiger charge is 2.10. The first-order valence-electron chi connectivity index (χ1n) is 9.37. The zero-order chi connectivity index (χ0) is 18.7. The van der Waals surface area contributed by atoms with Crippen LogP contribution in [0.3, 0.4) is 0 Å². The first kappa shape index (κ1) is 18.6. The topological polar surface area (TPSA) is 54.0 Å². The fourth-order valence-electron chi connectivity index (χ4n) is 2.93. The molecule has 0 spiro atoms. The number of anilines is 1. The minimum absolute atomic E-state index is 0.0347. The maximum atomic E-state index is 12.5. The molecule has 1 amide bonds. The molecular weight excluding hydrogens is 334 g/mol. The summed E-state index contributed by atoms with van der Waals surface area (Å²) in [6, 6.07) is 22.0. The lowest BCUT2D eigenvalue weighted by atomic mass is 10.1. The van der Waals surface area contributed by atoms with Crippen molar-refractivity contribution in [3.63, 3.8) is 0 Å². The lowest BCUT2D eigenvalue weighted by Gasteiger charge is -2.12. The van der Waals surface area contributed by atoms with Crippen LogP contribution in [0.4, 0.5) is 5.69 Å². The van der Waals surface area contributed by atoms with E-state index in [0.717, 1.165) is 30.5 Å². The summed E-state index contributed by atoms with van der Waals surface area (Å²) in [5, 5.41) is 6.38. The molecule has 0 atom stereocenters. The van der Waals surface area contributed by atoms with E-state index in [-0.39, 0.29) is 5.91 Å². The number of carbonyl (C=O) groups is 1. The van der Waals surface area contributed by atoms with Crippen molar-refractivity contribution < 1.29 is 4.79 Å². The lowest BCUT2D eigenvalue weighted by molar-refractivity contribution is 0.0954. The average molecular weight is 359 g/mol. The Bertz CT molecular complexity index is 835. The van der Waals surface area contributed by atoms with Gasteiger partial charge in [-0.15, -0.1) is 0 Å². The molecule has 4 nitrogen and oxygen atoms in total. The van der Waals surface area contributed by atoms with Crippen molar-refractivity contribution in [2.45, 2.75) is 25.8 Å². The number of benzene rings is 2. The zero-order valence-corrected chi connectivity index (χ0v) is 15.4. The van der Waals surface area contributed by atoms with Gasteiger partial charge in [-0.2, -0.15) is 0 Å². The van der Waals surface area contributed by atoms with Crippen LogP contribution in [0.2, 0.25) is 0 Å². The van der Waals surface area contributed by atoms with Gasteiger partial charge >= 0.3 is 0 Å². The van der Waals surface area contributed by atoms with E-state index < -0.39 is 0 Å². The Morgan fingerprint density at radius 3 is 2.37 bits per heavy atom. The molecule has 0 saturated carbocycles. The normalized spacial score (nSPS) is 10.4. The van der Waals surface area contributed by atoms with Gasteiger partial charge in [-0.05, 0) is 54.7 Å². The Kier molecular flexibility index (Phi) is 6.99. The molecule has 0 aliphatic heterocycles. The van der Waals surface area contributed by atoms with Crippen LogP contribution in [-0.2, 0) is 13.0 Å². The molecule has 1 aromatic heterocycles. The van der Waals surface area contributed by atoms with Crippen LogP contribution in [0.1, 0.15) is 34.3 Å². The average Bonchev–Trinajstić information content (AvgIpc) is 2.73. The molecule has 4 heteroatoms. The predicted octanol–water partition coefficient (Wildman–Crippen LogP) is 4.45. The highest BCUT2D eigenvalue weighted by Crippen LogP contribution is 2.16. The van der Waals surface area contributed by atoms with Crippen molar-refractivity contribution in [3.05, 3.63) is 95.8 Å². The van der Waals surface area contributed by atoms with Crippen LogP contribution in [0.15, 0.2) is 79.1 Å². The summed E-state index contributed by atoms with van der Waals surface area (Å²) in [6.07, 6.45) is 6.61. The van der Waals surface area contributed by atoms with Gasteiger partial charge in [0.25, 0.3) is 5.91 Å². The minimum Gasteiger partial charge on any atom is -0.380 e. The SMILES string of the molecule is O=C(NCCCCc1ccccc1)c1ccccc1NCc1ccncc1. The van der Waals surface area contributed by atoms with Crippen molar-refractivity contribution in [1.82, 2.24) is 10.3 Å². The molecule has 3 rings (SSSR count). The van der Waals surface area contributed by atoms with E-state index in [9.17, 15) is 4.79 Å². The summed E-state index contributed by atoms with van der Waals surface area (Å²) in [5.74, 6) is -0.0347. The predicted molar refractivity (Wildman–Crippen MR) is 110 cm³/mol. The quantitative estimate of drug-likeness (QED) is 0.555. The van der Waals surface area contributed by atoms with Crippen molar-refractivity contribution in [2.75, 3.05) is 11.9 Å². The second-order valence-corrected chi connectivity index (χ2v) is 6.45. The Morgan fingerprint density at radius 2 is 1.56 bits per heavy atom. The van der Waals surface area contributed by atoms with Crippen molar-refractivity contribution in [1.29, 1.82) is 0 Å². The van der Waals surface area contributed by atoms with E-state index in [4.69, 9.17) is 0 Å². The van der Waals surface area contributed by atoms with Crippen LogP contribution in [0.25, 0.3) is 0 Å². The Labute approximate surface area is 160 Å². The van der Waals surface area contributed by atoms with Crippen LogP contribution in [0, 0.1) is 0 Å². The van der Waals surface area contributed by atoms with Gasteiger partial charge < -0.3 is 10.6 Å². The summed E-state index contributed by atoms with van der Waals surface area (Å²) in [5.41, 5.74) is 3.99. The van der Waals surface area contributed by atoms with Gasteiger partial charge in [0, 0.05) is 31.2 Å². The first-order chi connectivity index (χ1) is 13.3. The number of para-hydroxylation sites is 1.